The van der Waals surface area contributed by atoms with Crippen molar-refractivity contribution < 1.29 is 4.42 Å². The van der Waals surface area contributed by atoms with Crippen LogP contribution in [0.5, 0.6) is 0 Å². The van der Waals surface area contributed by atoms with E-state index < -0.39 is 0 Å². The maximum absolute atomic E-state index is 5.64. The predicted octanol–water partition coefficient (Wildman–Crippen LogP) is 2.81. The molecule has 3 rings (SSSR count). The van der Waals surface area contributed by atoms with E-state index in [1.54, 1.807) is 6.26 Å². The van der Waals surface area contributed by atoms with Gasteiger partial charge in [0, 0.05) is 6.54 Å². The largest absolute Gasteiger partial charge is 0.468 e. The lowest BCUT2D eigenvalue weighted by atomic mass is 10.1. The molecule has 3 nitrogen and oxygen atoms in total. The molecule has 0 aromatic carbocycles. The summed E-state index contributed by atoms with van der Waals surface area (Å²) in [5.41, 5.74) is 0. The van der Waals surface area contributed by atoms with Crippen LogP contribution < -0.4 is 5.32 Å². The average Bonchev–Trinajstić information content (AvgIpc) is 3.08. The summed E-state index contributed by atoms with van der Waals surface area (Å²) in [5.74, 6) is 2.07. The fraction of sp³-hybridized carbons (Fsp3) is 0.733. The zero-order valence-electron chi connectivity index (χ0n) is 11.1. The van der Waals surface area contributed by atoms with Crippen LogP contribution in [-0.4, -0.2) is 31.1 Å². The highest BCUT2D eigenvalue weighted by Gasteiger charge is 2.25. The molecule has 0 amide bonds. The minimum atomic E-state index is 0.430. The van der Waals surface area contributed by atoms with Crippen LogP contribution in [0.3, 0.4) is 0 Å². The van der Waals surface area contributed by atoms with Gasteiger partial charge in [0.05, 0.1) is 12.3 Å². The van der Waals surface area contributed by atoms with Gasteiger partial charge in [0.1, 0.15) is 5.76 Å². The molecule has 18 heavy (non-hydrogen) atoms. The fourth-order valence-electron chi connectivity index (χ4n) is 2.87. The second-order valence-corrected chi connectivity index (χ2v) is 5.73. The van der Waals surface area contributed by atoms with Crippen molar-refractivity contribution in [1.29, 1.82) is 0 Å². The maximum atomic E-state index is 5.64. The van der Waals surface area contributed by atoms with Crippen LogP contribution >= 0.6 is 0 Å². The molecule has 2 fully saturated rings. The molecule has 2 heterocycles. The SMILES string of the molecule is c1coc(C(CNCC2CC2)N2CCCCC2)c1. The number of piperidine rings is 1. The van der Waals surface area contributed by atoms with Crippen molar-refractivity contribution in [3.8, 4) is 0 Å². The summed E-state index contributed by atoms with van der Waals surface area (Å²) in [6.45, 7) is 4.65. The predicted molar refractivity (Wildman–Crippen MR) is 72.5 cm³/mol. The normalized spacial score (nSPS) is 23.1. The van der Waals surface area contributed by atoms with Gasteiger partial charge in [-0.15, -0.1) is 0 Å². The van der Waals surface area contributed by atoms with Crippen LogP contribution in [0.25, 0.3) is 0 Å². The van der Waals surface area contributed by atoms with E-state index in [0.29, 0.717) is 6.04 Å². The van der Waals surface area contributed by atoms with Gasteiger partial charge in [-0.05, 0) is 63.4 Å². The van der Waals surface area contributed by atoms with E-state index >= 15 is 0 Å². The Bertz CT molecular complexity index is 339. The van der Waals surface area contributed by atoms with Crippen LogP contribution in [-0.2, 0) is 0 Å². The van der Waals surface area contributed by atoms with E-state index in [-0.39, 0.29) is 0 Å². The highest BCUT2D eigenvalue weighted by atomic mass is 16.3. The second kappa shape index (κ2) is 5.89. The lowest BCUT2D eigenvalue weighted by molar-refractivity contribution is 0.142. The number of rotatable bonds is 6. The Kier molecular flexibility index (Phi) is 4.01. The number of nitrogens with one attached hydrogen (secondary N) is 1. The number of hydrogen-bond donors (Lipinski definition) is 1. The molecule has 1 aliphatic carbocycles. The lowest BCUT2D eigenvalue weighted by Gasteiger charge is -2.33. The maximum Gasteiger partial charge on any atom is 0.122 e. The first-order valence-corrected chi connectivity index (χ1v) is 7.41. The molecule has 1 saturated heterocycles. The van der Waals surface area contributed by atoms with E-state index in [2.05, 4.69) is 16.3 Å². The first kappa shape index (κ1) is 12.2. The Hall–Kier alpha value is -0.800. The number of nitrogens with zero attached hydrogens (tertiary/aromatic N) is 1. The first-order valence-electron chi connectivity index (χ1n) is 7.41. The van der Waals surface area contributed by atoms with Gasteiger partial charge in [-0.1, -0.05) is 6.42 Å². The average molecular weight is 248 g/mol. The molecule has 100 valence electrons. The Morgan fingerprint density at radius 3 is 2.78 bits per heavy atom. The van der Waals surface area contributed by atoms with Gasteiger partial charge < -0.3 is 9.73 Å². The van der Waals surface area contributed by atoms with Gasteiger partial charge in [-0.2, -0.15) is 0 Å². The van der Waals surface area contributed by atoms with Crippen LogP contribution in [0.15, 0.2) is 22.8 Å². The fourth-order valence-corrected chi connectivity index (χ4v) is 2.87. The molecule has 0 spiro atoms. The highest BCUT2D eigenvalue weighted by molar-refractivity contribution is 5.06. The van der Waals surface area contributed by atoms with Gasteiger partial charge in [-0.3, -0.25) is 4.90 Å². The molecule has 0 radical (unpaired) electrons. The second-order valence-electron chi connectivity index (χ2n) is 5.73. The molecule has 1 saturated carbocycles. The number of hydrogen-bond acceptors (Lipinski definition) is 3. The minimum Gasteiger partial charge on any atom is -0.468 e. The smallest absolute Gasteiger partial charge is 0.122 e. The molecule has 1 aromatic rings. The van der Waals surface area contributed by atoms with E-state index in [1.807, 2.05) is 6.07 Å². The van der Waals surface area contributed by atoms with Gasteiger partial charge in [-0.25, -0.2) is 0 Å². The topological polar surface area (TPSA) is 28.4 Å². The molecule has 1 unspecified atom stereocenters. The van der Waals surface area contributed by atoms with E-state index in [0.717, 1.165) is 18.2 Å². The van der Waals surface area contributed by atoms with E-state index in [9.17, 15) is 0 Å². The number of likely N-dealkylation sites (tertiary alicyclic amines) is 1. The van der Waals surface area contributed by atoms with Crippen molar-refractivity contribution in [2.75, 3.05) is 26.2 Å². The summed E-state index contributed by atoms with van der Waals surface area (Å²) in [6, 6.07) is 4.56. The molecule has 2 aliphatic rings. The Labute approximate surface area is 110 Å². The molecule has 0 bridgehead atoms. The zero-order valence-corrected chi connectivity index (χ0v) is 11.1. The number of furan rings is 1. The molecule has 3 heteroatoms. The quantitative estimate of drug-likeness (QED) is 0.839. The summed E-state index contributed by atoms with van der Waals surface area (Å²) in [5, 5.41) is 3.63. The monoisotopic (exact) mass is 248 g/mol. The van der Waals surface area contributed by atoms with Crippen molar-refractivity contribution in [2.45, 2.75) is 38.1 Å². The standard InChI is InChI=1S/C15H24N2O/c1-2-8-17(9-3-1)14(15-5-4-10-18-15)12-16-11-13-6-7-13/h4-5,10,13-14,16H,1-3,6-9,11-12H2. The van der Waals surface area contributed by atoms with E-state index in [1.165, 1.54) is 51.7 Å². The highest BCUT2D eigenvalue weighted by Crippen LogP contribution is 2.28. The van der Waals surface area contributed by atoms with Crippen molar-refractivity contribution in [3.63, 3.8) is 0 Å². The first-order chi connectivity index (χ1) is 8.93. The van der Waals surface area contributed by atoms with Gasteiger partial charge in [0.15, 0.2) is 0 Å². The Morgan fingerprint density at radius 2 is 2.11 bits per heavy atom. The van der Waals surface area contributed by atoms with Crippen LogP contribution in [0.1, 0.15) is 43.9 Å². The molecule has 1 N–H and O–H groups in total. The minimum absolute atomic E-state index is 0.430. The molecule has 1 aromatic heterocycles. The Balaban J connectivity index is 1.58. The summed E-state index contributed by atoms with van der Waals surface area (Å²) < 4.78 is 5.64. The van der Waals surface area contributed by atoms with Crippen LogP contribution in [0.4, 0.5) is 0 Å². The molecular formula is C15H24N2O. The van der Waals surface area contributed by atoms with Gasteiger partial charge >= 0.3 is 0 Å². The van der Waals surface area contributed by atoms with Gasteiger partial charge in [0.25, 0.3) is 0 Å². The van der Waals surface area contributed by atoms with Crippen LogP contribution in [0.2, 0.25) is 0 Å². The van der Waals surface area contributed by atoms with Gasteiger partial charge in [0.2, 0.25) is 0 Å². The third kappa shape index (κ3) is 3.15. The van der Waals surface area contributed by atoms with Crippen molar-refractivity contribution in [3.05, 3.63) is 24.2 Å². The molecule has 1 atom stereocenters. The molecule has 1 aliphatic heterocycles. The van der Waals surface area contributed by atoms with Crippen molar-refractivity contribution in [1.82, 2.24) is 10.2 Å². The van der Waals surface area contributed by atoms with Crippen molar-refractivity contribution in [2.24, 2.45) is 5.92 Å². The van der Waals surface area contributed by atoms with E-state index in [4.69, 9.17) is 4.42 Å². The van der Waals surface area contributed by atoms with Crippen LogP contribution in [0, 0.1) is 5.92 Å². The molecular weight excluding hydrogens is 224 g/mol. The summed E-state index contributed by atoms with van der Waals surface area (Å²) in [7, 11) is 0. The summed E-state index contributed by atoms with van der Waals surface area (Å²) in [4.78, 5) is 2.59. The summed E-state index contributed by atoms with van der Waals surface area (Å²) in [6.07, 6.45) is 8.69. The Morgan fingerprint density at radius 1 is 1.28 bits per heavy atom. The zero-order chi connectivity index (χ0) is 12.2. The third-order valence-electron chi connectivity index (χ3n) is 4.17. The van der Waals surface area contributed by atoms with Crippen molar-refractivity contribution >= 4 is 0 Å². The summed E-state index contributed by atoms with van der Waals surface area (Å²) >= 11 is 0. The third-order valence-corrected chi connectivity index (χ3v) is 4.17. The lowest BCUT2D eigenvalue weighted by Crippen LogP contribution is -2.39.